The van der Waals surface area contributed by atoms with Gasteiger partial charge in [-0.1, -0.05) is 19.9 Å². The quantitative estimate of drug-likeness (QED) is 0.803. The standard InChI is InChI=1S/C18H24FNS/c1-11-6-12(2)8-14(7-11)18(20-3)17-9-13-4-5-15(19)10-16(13)21-17/h4-5,9-12,14,18,20H,6-8H2,1-3H3. The van der Waals surface area contributed by atoms with Gasteiger partial charge in [-0.2, -0.15) is 0 Å². The van der Waals surface area contributed by atoms with Gasteiger partial charge in [-0.05, 0) is 67.6 Å². The molecule has 1 aromatic heterocycles. The van der Waals surface area contributed by atoms with Crippen molar-refractivity contribution in [2.45, 2.75) is 39.2 Å². The van der Waals surface area contributed by atoms with Gasteiger partial charge in [0.1, 0.15) is 5.82 Å². The molecule has 1 fully saturated rings. The third-order valence-electron chi connectivity index (χ3n) is 4.81. The molecule has 1 aliphatic rings. The number of nitrogens with one attached hydrogen (secondary N) is 1. The SMILES string of the molecule is CNC(c1cc2ccc(F)cc2s1)C1CC(C)CC(C)C1. The predicted molar refractivity (Wildman–Crippen MR) is 89.3 cm³/mol. The van der Waals surface area contributed by atoms with Crippen molar-refractivity contribution in [3.63, 3.8) is 0 Å². The van der Waals surface area contributed by atoms with E-state index in [-0.39, 0.29) is 5.82 Å². The van der Waals surface area contributed by atoms with Crippen molar-refractivity contribution in [3.05, 3.63) is 35.0 Å². The van der Waals surface area contributed by atoms with Crippen molar-refractivity contribution < 1.29 is 4.39 Å². The lowest BCUT2D eigenvalue weighted by Crippen LogP contribution is -2.30. The molecule has 1 heterocycles. The van der Waals surface area contributed by atoms with E-state index in [0.29, 0.717) is 12.0 Å². The summed E-state index contributed by atoms with van der Waals surface area (Å²) in [5.74, 6) is 2.16. The molecule has 21 heavy (non-hydrogen) atoms. The minimum absolute atomic E-state index is 0.142. The second-order valence-corrected chi connectivity index (χ2v) is 7.89. The van der Waals surface area contributed by atoms with Gasteiger partial charge < -0.3 is 5.32 Å². The molecule has 1 N–H and O–H groups in total. The number of hydrogen-bond donors (Lipinski definition) is 1. The largest absolute Gasteiger partial charge is 0.312 e. The fourth-order valence-electron chi connectivity index (χ4n) is 4.07. The second kappa shape index (κ2) is 6.05. The number of rotatable bonds is 3. The Morgan fingerprint density at radius 2 is 1.86 bits per heavy atom. The minimum atomic E-state index is -0.142. The first-order valence-electron chi connectivity index (χ1n) is 7.93. The van der Waals surface area contributed by atoms with Crippen LogP contribution in [0.5, 0.6) is 0 Å². The lowest BCUT2D eigenvalue weighted by molar-refractivity contribution is 0.182. The maximum absolute atomic E-state index is 13.4. The summed E-state index contributed by atoms with van der Waals surface area (Å²) in [7, 11) is 2.06. The van der Waals surface area contributed by atoms with Crippen LogP contribution >= 0.6 is 11.3 Å². The van der Waals surface area contributed by atoms with Gasteiger partial charge in [-0.15, -0.1) is 11.3 Å². The number of halogens is 1. The van der Waals surface area contributed by atoms with E-state index in [1.807, 2.05) is 6.07 Å². The highest BCUT2D eigenvalue weighted by Gasteiger charge is 2.31. The Morgan fingerprint density at radius 1 is 1.14 bits per heavy atom. The summed E-state index contributed by atoms with van der Waals surface area (Å²) in [6.07, 6.45) is 3.93. The maximum atomic E-state index is 13.4. The Morgan fingerprint density at radius 3 is 2.52 bits per heavy atom. The summed E-state index contributed by atoms with van der Waals surface area (Å²) < 4.78 is 14.4. The van der Waals surface area contributed by atoms with Crippen molar-refractivity contribution in [1.29, 1.82) is 0 Å². The molecule has 3 unspecified atom stereocenters. The van der Waals surface area contributed by atoms with Gasteiger partial charge in [0, 0.05) is 15.6 Å². The molecule has 114 valence electrons. The Kier molecular flexibility index (Phi) is 4.32. The molecule has 0 aliphatic heterocycles. The van der Waals surface area contributed by atoms with Gasteiger partial charge in [-0.25, -0.2) is 4.39 Å². The average Bonchev–Trinajstić information content (AvgIpc) is 2.81. The number of fused-ring (bicyclic) bond motifs is 1. The normalized spacial score (nSPS) is 27.9. The van der Waals surface area contributed by atoms with Gasteiger partial charge in [-0.3, -0.25) is 0 Å². The van der Waals surface area contributed by atoms with Gasteiger partial charge in [0.25, 0.3) is 0 Å². The van der Waals surface area contributed by atoms with E-state index in [0.717, 1.165) is 21.9 Å². The van der Waals surface area contributed by atoms with Gasteiger partial charge in [0.05, 0.1) is 0 Å². The summed E-state index contributed by atoms with van der Waals surface area (Å²) in [4.78, 5) is 1.35. The maximum Gasteiger partial charge on any atom is 0.124 e. The molecule has 3 rings (SSSR count). The molecule has 0 saturated heterocycles. The van der Waals surface area contributed by atoms with Crippen molar-refractivity contribution in [1.82, 2.24) is 5.32 Å². The number of thiophene rings is 1. The molecule has 2 aromatic rings. The topological polar surface area (TPSA) is 12.0 Å². The van der Waals surface area contributed by atoms with Crippen molar-refractivity contribution >= 4 is 21.4 Å². The van der Waals surface area contributed by atoms with Crippen molar-refractivity contribution in [2.75, 3.05) is 7.05 Å². The molecule has 1 aliphatic carbocycles. The van der Waals surface area contributed by atoms with Crippen LogP contribution in [0.15, 0.2) is 24.3 Å². The Hall–Kier alpha value is -0.930. The zero-order valence-electron chi connectivity index (χ0n) is 13.0. The van der Waals surface area contributed by atoms with E-state index < -0.39 is 0 Å². The van der Waals surface area contributed by atoms with Crippen LogP contribution in [0.4, 0.5) is 4.39 Å². The molecular weight excluding hydrogens is 281 g/mol. The molecule has 0 bridgehead atoms. The molecule has 0 spiro atoms. The monoisotopic (exact) mass is 305 g/mol. The highest BCUT2D eigenvalue weighted by molar-refractivity contribution is 7.19. The van der Waals surface area contributed by atoms with Crippen LogP contribution in [0, 0.1) is 23.6 Å². The zero-order chi connectivity index (χ0) is 15.0. The van der Waals surface area contributed by atoms with Gasteiger partial charge in [0.2, 0.25) is 0 Å². The fourth-order valence-corrected chi connectivity index (χ4v) is 5.36. The summed E-state index contributed by atoms with van der Waals surface area (Å²) >= 11 is 1.74. The Labute approximate surface area is 130 Å². The third kappa shape index (κ3) is 3.14. The second-order valence-electron chi connectivity index (χ2n) is 6.77. The van der Waals surface area contributed by atoms with Crippen LogP contribution < -0.4 is 5.32 Å². The highest BCUT2D eigenvalue weighted by atomic mass is 32.1. The van der Waals surface area contributed by atoms with Crippen LogP contribution in [0.25, 0.3) is 10.1 Å². The van der Waals surface area contributed by atoms with Crippen LogP contribution in [0.1, 0.15) is 44.0 Å². The fraction of sp³-hybridized carbons (Fsp3) is 0.556. The first-order valence-corrected chi connectivity index (χ1v) is 8.74. The van der Waals surface area contributed by atoms with E-state index in [2.05, 4.69) is 32.3 Å². The van der Waals surface area contributed by atoms with Crippen molar-refractivity contribution in [3.8, 4) is 0 Å². The Bertz CT molecular complexity index is 611. The summed E-state index contributed by atoms with van der Waals surface area (Å²) in [5, 5.41) is 4.68. The highest BCUT2D eigenvalue weighted by Crippen LogP contribution is 2.42. The lowest BCUT2D eigenvalue weighted by Gasteiger charge is -2.36. The Balaban J connectivity index is 1.90. The van der Waals surface area contributed by atoms with Gasteiger partial charge in [0.15, 0.2) is 0 Å². The van der Waals surface area contributed by atoms with E-state index in [9.17, 15) is 4.39 Å². The molecule has 3 atom stereocenters. The predicted octanol–water partition coefficient (Wildman–Crippen LogP) is 5.37. The van der Waals surface area contributed by atoms with E-state index in [4.69, 9.17) is 0 Å². The molecule has 3 heteroatoms. The smallest absolute Gasteiger partial charge is 0.124 e. The molecule has 1 saturated carbocycles. The average molecular weight is 305 g/mol. The van der Waals surface area contributed by atoms with Crippen LogP contribution in [-0.4, -0.2) is 7.05 Å². The van der Waals surface area contributed by atoms with Crippen molar-refractivity contribution in [2.24, 2.45) is 17.8 Å². The molecule has 0 radical (unpaired) electrons. The van der Waals surface area contributed by atoms with Crippen LogP contribution in [0.3, 0.4) is 0 Å². The first kappa shape index (κ1) is 15.0. The van der Waals surface area contributed by atoms with E-state index >= 15 is 0 Å². The molecule has 0 amide bonds. The molecule has 1 aromatic carbocycles. The van der Waals surface area contributed by atoms with E-state index in [1.54, 1.807) is 23.5 Å². The number of hydrogen-bond acceptors (Lipinski definition) is 2. The summed E-state index contributed by atoms with van der Waals surface area (Å²) in [5.41, 5.74) is 0. The van der Waals surface area contributed by atoms with E-state index in [1.165, 1.54) is 24.1 Å². The van der Waals surface area contributed by atoms with Crippen LogP contribution in [-0.2, 0) is 0 Å². The van der Waals surface area contributed by atoms with Gasteiger partial charge >= 0.3 is 0 Å². The molecule has 1 nitrogen and oxygen atoms in total. The first-order chi connectivity index (χ1) is 10.1. The van der Waals surface area contributed by atoms with Crippen LogP contribution in [0.2, 0.25) is 0 Å². The minimum Gasteiger partial charge on any atom is -0.312 e. The third-order valence-corrected chi connectivity index (χ3v) is 5.99. The summed E-state index contributed by atoms with van der Waals surface area (Å²) in [6, 6.07) is 7.74. The number of benzene rings is 1. The zero-order valence-corrected chi connectivity index (χ0v) is 13.8. The lowest BCUT2D eigenvalue weighted by atomic mass is 9.73. The summed E-state index contributed by atoms with van der Waals surface area (Å²) in [6.45, 7) is 4.74. The molecular formula is C18H24FNS.